The molecule has 2 aliphatic heterocycles. The molecule has 8 heteroatoms. The predicted molar refractivity (Wildman–Crippen MR) is 113 cm³/mol. The highest BCUT2D eigenvalue weighted by atomic mass is 16.6. The molecule has 1 aromatic rings. The SMILES string of the molecule is O=C(O)COc1ccccc1C1CCC(OCC2NCCCC23CCOC(=O)N3)CC1. The van der Waals surface area contributed by atoms with Crippen LogP contribution >= 0.6 is 0 Å². The molecule has 1 saturated carbocycles. The second-order valence-electron chi connectivity index (χ2n) is 8.80. The van der Waals surface area contributed by atoms with E-state index in [9.17, 15) is 9.59 Å². The normalized spacial score (nSPS) is 31.0. The van der Waals surface area contributed by atoms with E-state index in [1.165, 1.54) is 0 Å². The second-order valence-corrected chi connectivity index (χ2v) is 8.80. The standard InChI is InChI=1S/C23H32N2O6/c26-21(27)15-31-19-5-2-1-4-18(19)16-6-8-17(9-7-16)30-14-20-23(10-3-12-24-20)11-13-29-22(28)25-23/h1-2,4-5,16-17,20,24H,3,6-15H2,(H,25,28)(H,26,27). The summed E-state index contributed by atoms with van der Waals surface area (Å²) in [6.45, 7) is 1.64. The third-order valence-electron chi connectivity index (χ3n) is 6.87. The van der Waals surface area contributed by atoms with Crippen LogP contribution in [0.3, 0.4) is 0 Å². The lowest BCUT2D eigenvalue weighted by Gasteiger charge is -2.47. The van der Waals surface area contributed by atoms with Crippen LogP contribution in [0.2, 0.25) is 0 Å². The van der Waals surface area contributed by atoms with Gasteiger partial charge in [0.2, 0.25) is 0 Å². The van der Waals surface area contributed by atoms with Crippen molar-refractivity contribution in [1.29, 1.82) is 0 Å². The Morgan fingerprint density at radius 2 is 2.00 bits per heavy atom. The Balaban J connectivity index is 1.30. The van der Waals surface area contributed by atoms with Gasteiger partial charge in [0, 0.05) is 6.42 Å². The zero-order chi connectivity index (χ0) is 21.7. The molecule has 3 fully saturated rings. The highest BCUT2D eigenvalue weighted by molar-refractivity contribution is 5.69. The summed E-state index contributed by atoms with van der Waals surface area (Å²) in [7, 11) is 0. The van der Waals surface area contributed by atoms with Crippen molar-refractivity contribution in [3.05, 3.63) is 29.8 Å². The van der Waals surface area contributed by atoms with E-state index in [1.807, 2.05) is 24.3 Å². The number of ether oxygens (including phenoxy) is 3. The number of nitrogens with one attached hydrogen (secondary N) is 2. The van der Waals surface area contributed by atoms with E-state index in [4.69, 9.17) is 19.3 Å². The van der Waals surface area contributed by atoms with E-state index in [2.05, 4.69) is 10.6 Å². The minimum atomic E-state index is -0.971. The first kappa shape index (κ1) is 21.9. The Labute approximate surface area is 182 Å². The fourth-order valence-electron chi connectivity index (χ4n) is 5.21. The molecule has 2 atom stereocenters. The van der Waals surface area contributed by atoms with Gasteiger partial charge in [-0.3, -0.25) is 0 Å². The number of hydrogen-bond donors (Lipinski definition) is 3. The predicted octanol–water partition coefficient (Wildman–Crippen LogP) is 2.81. The molecule has 2 unspecified atom stereocenters. The van der Waals surface area contributed by atoms with Crippen LogP contribution in [0.4, 0.5) is 4.79 Å². The first-order valence-electron chi connectivity index (χ1n) is 11.3. The number of cyclic esters (lactones) is 1. The van der Waals surface area contributed by atoms with E-state index in [0.717, 1.165) is 57.1 Å². The van der Waals surface area contributed by atoms with Gasteiger partial charge in [0.25, 0.3) is 0 Å². The molecule has 1 spiro atoms. The van der Waals surface area contributed by atoms with Gasteiger partial charge in [-0.05, 0) is 62.6 Å². The Morgan fingerprint density at radius 3 is 2.77 bits per heavy atom. The Kier molecular flexibility index (Phi) is 6.97. The van der Waals surface area contributed by atoms with Crippen molar-refractivity contribution in [1.82, 2.24) is 10.6 Å². The van der Waals surface area contributed by atoms with Crippen LogP contribution in [-0.4, -0.2) is 61.2 Å². The summed E-state index contributed by atoms with van der Waals surface area (Å²) in [5, 5.41) is 15.5. The number of para-hydroxylation sites is 1. The number of carboxylic acids is 1. The smallest absolute Gasteiger partial charge is 0.407 e. The van der Waals surface area contributed by atoms with Crippen LogP contribution in [0.25, 0.3) is 0 Å². The molecule has 1 aliphatic carbocycles. The van der Waals surface area contributed by atoms with E-state index < -0.39 is 5.97 Å². The summed E-state index contributed by atoms with van der Waals surface area (Å²) in [5.41, 5.74) is 0.811. The van der Waals surface area contributed by atoms with Crippen molar-refractivity contribution in [3.8, 4) is 5.75 Å². The van der Waals surface area contributed by atoms with Crippen LogP contribution < -0.4 is 15.4 Å². The summed E-state index contributed by atoms with van der Waals surface area (Å²) < 4.78 is 16.9. The molecule has 0 radical (unpaired) electrons. The second kappa shape index (κ2) is 9.87. The van der Waals surface area contributed by atoms with Gasteiger partial charge in [0.15, 0.2) is 6.61 Å². The van der Waals surface area contributed by atoms with Gasteiger partial charge < -0.3 is 30.0 Å². The van der Waals surface area contributed by atoms with Crippen LogP contribution in [0.5, 0.6) is 5.75 Å². The average Bonchev–Trinajstić information content (AvgIpc) is 2.78. The van der Waals surface area contributed by atoms with Gasteiger partial charge in [0.1, 0.15) is 5.75 Å². The molecule has 1 amide bonds. The molecule has 3 aliphatic rings. The van der Waals surface area contributed by atoms with Gasteiger partial charge >= 0.3 is 12.1 Å². The maximum absolute atomic E-state index is 11.8. The first-order valence-corrected chi connectivity index (χ1v) is 11.3. The molecule has 0 bridgehead atoms. The van der Waals surface area contributed by atoms with Gasteiger partial charge in [-0.15, -0.1) is 0 Å². The summed E-state index contributed by atoms with van der Waals surface area (Å²) >= 11 is 0. The number of aliphatic carboxylic acids is 1. The number of carbonyl (C=O) groups excluding carboxylic acids is 1. The van der Waals surface area contributed by atoms with Crippen molar-refractivity contribution in [3.63, 3.8) is 0 Å². The van der Waals surface area contributed by atoms with Crippen LogP contribution in [0.15, 0.2) is 24.3 Å². The third kappa shape index (κ3) is 5.30. The lowest BCUT2D eigenvalue weighted by Crippen LogP contribution is -2.68. The number of benzene rings is 1. The summed E-state index contributed by atoms with van der Waals surface area (Å²) in [5.74, 6) is 0.0402. The first-order chi connectivity index (χ1) is 15.1. The Bertz CT molecular complexity index is 775. The van der Waals surface area contributed by atoms with E-state index in [-0.39, 0.29) is 30.4 Å². The number of rotatable bonds is 7. The molecule has 31 heavy (non-hydrogen) atoms. The molecule has 2 saturated heterocycles. The molecule has 3 N–H and O–H groups in total. The zero-order valence-electron chi connectivity index (χ0n) is 17.8. The number of hydrogen-bond acceptors (Lipinski definition) is 6. The van der Waals surface area contributed by atoms with E-state index >= 15 is 0 Å². The monoisotopic (exact) mass is 432 g/mol. The van der Waals surface area contributed by atoms with Crippen LogP contribution in [-0.2, 0) is 14.3 Å². The van der Waals surface area contributed by atoms with Gasteiger partial charge in [-0.1, -0.05) is 18.2 Å². The highest BCUT2D eigenvalue weighted by Crippen LogP contribution is 2.38. The van der Waals surface area contributed by atoms with Crippen LogP contribution in [0, 0.1) is 0 Å². The lowest BCUT2D eigenvalue weighted by molar-refractivity contribution is -0.139. The molecule has 4 rings (SSSR count). The highest BCUT2D eigenvalue weighted by Gasteiger charge is 2.45. The van der Waals surface area contributed by atoms with E-state index in [0.29, 0.717) is 24.9 Å². The summed E-state index contributed by atoms with van der Waals surface area (Å²) in [6.07, 6.45) is 6.51. The fraction of sp³-hybridized carbons (Fsp3) is 0.652. The van der Waals surface area contributed by atoms with Gasteiger partial charge in [-0.2, -0.15) is 0 Å². The van der Waals surface area contributed by atoms with Crippen molar-refractivity contribution in [2.75, 3.05) is 26.4 Å². The fourth-order valence-corrected chi connectivity index (χ4v) is 5.21. The molecule has 1 aromatic carbocycles. The van der Waals surface area contributed by atoms with Gasteiger partial charge in [-0.25, -0.2) is 9.59 Å². The largest absolute Gasteiger partial charge is 0.482 e. The lowest BCUT2D eigenvalue weighted by atomic mass is 9.79. The van der Waals surface area contributed by atoms with Crippen molar-refractivity contribution < 1.29 is 28.9 Å². The number of amides is 1. The molecule has 2 heterocycles. The topological polar surface area (TPSA) is 106 Å². The van der Waals surface area contributed by atoms with Crippen molar-refractivity contribution in [2.24, 2.45) is 0 Å². The maximum Gasteiger partial charge on any atom is 0.407 e. The average molecular weight is 433 g/mol. The van der Waals surface area contributed by atoms with Crippen LogP contribution in [0.1, 0.15) is 56.4 Å². The third-order valence-corrected chi connectivity index (χ3v) is 6.87. The van der Waals surface area contributed by atoms with E-state index in [1.54, 1.807) is 0 Å². The minimum absolute atomic E-state index is 0.0944. The number of carbonyl (C=O) groups is 2. The van der Waals surface area contributed by atoms with Gasteiger partial charge in [0.05, 0.1) is 30.9 Å². The summed E-state index contributed by atoms with van der Waals surface area (Å²) in [4.78, 5) is 22.7. The van der Waals surface area contributed by atoms with Crippen molar-refractivity contribution in [2.45, 2.75) is 68.5 Å². The molecular weight excluding hydrogens is 400 g/mol. The zero-order valence-corrected chi connectivity index (χ0v) is 17.8. The number of piperidine rings is 1. The molecule has 170 valence electrons. The molecule has 0 aromatic heterocycles. The number of carboxylic acid groups (broad SMARTS) is 1. The maximum atomic E-state index is 11.8. The quantitative estimate of drug-likeness (QED) is 0.608. The number of alkyl carbamates (subject to hydrolysis) is 1. The Morgan fingerprint density at radius 1 is 1.19 bits per heavy atom. The minimum Gasteiger partial charge on any atom is -0.482 e. The Hall–Kier alpha value is -2.32. The summed E-state index contributed by atoms with van der Waals surface area (Å²) in [6, 6.07) is 7.82. The molecule has 8 nitrogen and oxygen atoms in total. The molecular formula is C23H32N2O6. The van der Waals surface area contributed by atoms with Crippen molar-refractivity contribution >= 4 is 12.1 Å².